The van der Waals surface area contributed by atoms with Gasteiger partial charge in [0.15, 0.2) is 0 Å². The number of rotatable bonds is 55. The summed E-state index contributed by atoms with van der Waals surface area (Å²) in [5.74, 6) is -0.239. The van der Waals surface area contributed by atoms with Crippen molar-refractivity contribution in [3.63, 3.8) is 0 Å². The molecule has 0 aliphatic heterocycles. The zero-order valence-corrected chi connectivity index (χ0v) is 52.3. The van der Waals surface area contributed by atoms with Crippen LogP contribution in [0.2, 0.25) is 0 Å². The molecule has 3 unspecified atom stereocenters. The van der Waals surface area contributed by atoms with Gasteiger partial charge in [-0.05, 0) is 122 Å². The third-order valence-corrected chi connectivity index (χ3v) is 13.9. The van der Waals surface area contributed by atoms with Gasteiger partial charge in [0.05, 0.1) is 39.9 Å². The summed E-state index contributed by atoms with van der Waals surface area (Å²) in [4.78, 5) is 25.5. The normalized spacial score (nSPS) is 14.9. The average molecular weight is 1130 g/mol. The van der Waals surface area contributed by atoms with E-state index in [0.29, 0.717) is 23.9 Å². The van der Waals surface area contributed by atoms with E-state index in [1.165, 1.54) is 70.6 Å². The lowest BCUT2D eigenvalue weighted by Crippen LogP contribution is -2.45. The predicted octanol–water partition coefficient (Wildman–Crippen LogP) is 19.3. The van der Waals surface area contributed by atoms with Gasteiger partial charge in [-0.3, -0.25) is 9.36 Å². The molecular weight excluding hydrogens is 1010 g/mol. The van der Waals surface area contributed by atoms with Crippen LogP contribution in [-0.2, 0) is 18.4 Å². The largest absolute Gasteiger partial charge is 0.756 e. The molecule has 9 heteroatoms. The topological polar surface area (TPSA) is 108 Å². The van der Waals surface area contributed by atoms with Gasteiger partial charge in [-0.1, -0.05) is 261 Å². The second-order valence-electron chi connectivity index (χ2n) is 21.7. The van der Waals surface area contributed by atoms with E-state index in [4.69, 9.17) is 9.05 Å². The Morgan fingerprint density at radius 2 is 0.775 bits per heavy atom. The van der Waals surface area contributed by atoms with Crippen LogP contribution in [0.3, 0.4) is 0 Å². The minimum atomic E-state index is -4.63. The first-order chi connectivity index (χ1) is 39.0. The van der Waals surface area contributed by atoms with Gasteiger partial charge in [0, 0.05) is 6.42 Å². The molecule has 80 heavy (non-hydrogen) atoms. The lowest BCUT2D eigenvalue weighted by molar-refractivity contribution is -0.870. The molecule has 0 heterocycles. The molecule has 0 rings (SSSR count). The van der Waals surface area contributed by atoms with E-state index in [1.807, 2.05) is 27.2 Å². The van der Waals surface area contributed by atoms with Crippen LogP contribution in [0.1, 0.15) is 219 Å². The highest BCUT2D eigenvalue weighted by Crippen LogP contribution is 2.38. The molecular formula is C71H117N2O6P. The van der Waals surface area contributed by atoms with Crippen molar-refractivity contribution in [2.45, 2.75) is 231 Å². The maximum Gasteiger partial charge on any atom is 0.268 e. The number of hydrogen-bond acceptors (Lipinski definition) is 6. The summed E-state index contributed by atoms with van der Waals surface area (Å²) in [5.41, 5.74) is 0. The fourth-order valence-corrected chi connectivity index (χ4v) is 8.75. The van der Waals surface area contributed by atoms with E-state index < -0.39 is 26.6 Å². The Morgan fingerprint density at radius 3 is 1.16 bits per heavy atom. The van der Waals surface area contributed by atoms with Gasteiger partial charge in [-0.2, -0.15) is 0 Å². The fourth-order valence-electron chi connectivity index (χ4n) is 8.03. The van der Waals surface area contributed by atoms with Crippen molar-refractivity contribution in [3.8, 4) is 0 Å². The molecule has 0 radical (unpaired) electrons. The Bertz CT molecular complexity index is 1900. The molecule has 0 bridgehead atoms. The number of phosphoric acid groups is 1. The Balaban J connectivity index is 4.25. The Morgan fingerprint density at radius 1 is 0.450 bits per heavy atom. The van der Waals surface area contributed by atoms with E-state index in [1.54, 1.807) is 6.08 Å². The van der Waals surface area contributed by atoms with E-state index in [2.05, 4.69) is 177 Å². The van der Waals surface area contributed by atoms with E-state index >= 15 is 0 Å². The second-order valence-corrected chi connectivity index (χ2v) is 23.1. The summed E-state index contributed by atoms with van der Waals surface area (Å²) in [6.45, 7) is 4.47. The van der Waals surface area contributed by atoms with Gasteiger partial charge in [-0.25, -0.2) is 0 Å². The molecule has 0 aliphatic carbocycles. The number of unbranched alkanes of at least 4 members (excludes halogenated alkanes) is 16. The maximum absolute atomic E-state index is 13.0. The number of carbonyl (C=O) groups excluding carboxylic acids is 1. The van der Waals surface area contributed by atoms with E-state index in [0.717, 1.165) is 122 Å². The molecule has 0 aromatic heterocycles. The number of likely N-dealkylation sites (N-methyl/N-ethyl adjacent to an activating group) is 1. The predicted molar refractivity (Wildman–Crippen MR) is 347 cm³/mol. The van der Waals surface area contributed by atoms with Crippen LogP contribution in [0.5, 0.6) is 0 Å². The van der Waals surface area contributed by atoms with E-state index in [-0.39, 0.29) is 12.5 Å². The molecule has 0 aromatic carbocycles. The van der Waals surface area contributed by atoms with Gasteiger partial charge in [0.25, 0.3) is 7.82 Å². The maximum atomic E-state index is 13.0. The number of allylic oxidation sites excluding steroid dienone is 27. The highest BCUT2D eigenvalue weighted by Gasteiger charge is 2.23. The van der Waals surface area contributed by atoms with Gasteiger partial charge in [-0.15, -0.1) is 0 Å². The van der Waals surface area contributed by atoms with Crippen LogP contribution < -0.4 is 10.2 Å². The number of carbonyl (C=O) groups is 1. The number of nitrogens with zero attached hydrogens (tertiary/aromatic N) is 1. The molecule has 2 N–H and O–H groups in total. The minimum Gasteiger partial charge on any atom is -0.756 e. The first-order valence-electron chi connectivity index (χ1n) is 31.5. The molecule has 0 aromatic rings. The van der Waals surface area contributed by atoms with Crippen molar-refractivity contribution >= 4 is 13.7 Å². The summed E-state index contributed by atoms with van der Waals surface area (Å²) in [6.07, 6.45) is 94.5. The second kappa shape index (κ2) is 59.5. The molecule has 1 amide bonds. The number of aliphatic hydroxyl groups is 1. The Labute approximate surface area is 492 Å². The zero-order chi connectivity index (χ0) is 58.4. The molecule has 0 fully saturated rings. The van der Waals surface area contributed by atoms with Crippen molar-refractivity contribution in [1.82, 2.24) is 5.32 Å². The number of aliphatic hydroxyl groups excluding tert-OH is 1. The third-order valence-electron chi connectivity index (χ3n) is 12.9. The van der Waals surface area contributed by atoms with Crippen molar-refractivity contribution in [2.24, 2.45) is 0 Å². The van der Waals surface area contributed by atoms with Gasteiger partial charge in [0.2, 0.25) is 5.91 Å². The van der Waals surface area contributed by atoms with Crippen LogP contribution in [-0.4, -0.2) is 68.5 Å². The number of hydrogen-bond donors (Lipinski definition) is 2. The minimum absolute atomic E-state index is 0.0207. The first kappa shape index (κ1) is 75.9. The monoisotopic (exact) mass is 1120 g/mol. The van der Waals surface area contributed by atoms with Crippen molar-refractivity contribution in [3.05, 3.63) is 170 Å². The van der Waals surface area contributed by atoms with Gasteiger partial charge >= 0.3 is 0 Å². The van der Waals surface area contributed by atoms with Gasteiger partial charge in [0.1, 0.15) is 13.2 Å². The van der Waals surface area contributed by atoms with Crippen LogP contribution in [0, 0.1) is 0 Å². The average Bonchev–Trinajstić information content (AvgIpc) is 3.42. The summed E-state index contributed by atoms with van der Waals surface area (Å²) in [5, 5.41) is 13.8. The van der Waals surface area contributed by atoms with Crippen LogP contribution in [0.15, 0.2) is 170 Å². The molecule has 452 valence electrons. The number of nitrogens with one attached hydrogen (secondary N) is 1. The Kier molecular flexibility index (Phi) is 56.4. The van der Waals surface area contributed by atoms with E-state index in [9.17, 15) is 19.4 Å². The molecule has 0 saturated heterocycles. The molecule has 0 saturated carbocycles. The summed E-state index contributed by atoms with van der Waals surface area (Å²) in [7, 11) is 1.20. The van der Waals surface area contributed by atoms with Crippen LogP contribution in [0.4, 0.5) is 0 Å². The SMILES string of the molecule is CC/C=C\C/C=C\C/C=C\C/C=C\C/C=C\C/C=C\C/C=C\C/C=C\C/C=C\C/C=C\C/C=C\C/C=C\CCCCCCC(=O)NC(COP(=O)([O-])OCC[N+](C)(C)C)C(O)/C=C/CC/C=C/CCCCCCCCCCCCC. The van der Waals surface area contributed by atoms with Gasteiger partial charge < -0.3 is 28.8 Å². The molecule has 0 spiro atoms. The van der Waals surface area contributed by atoms with Crippen LogP contribution in [0.25, 0.3) is 0 Å². The summed E-state index contributed by atoms with van der Waals surface area (Å²) < 4.78 is 23.3. The molecule has 3 atom stereocenters. The number of quaternary nitrogens is 1. The molecule has 8 nitrogen and oxygen atoms in total. The Hall–Kier alpha value is -4.14. The summed E-state index contributed by atoms with van der Waals surface area (Å²) >= 11 is 0. The standard InChI is InChI=1S/C71H117N2O6P/c1-6-8-10-12-14-16-18-20-22-24-25-26-27-28-29-30-31-32-33-34-35-36-37-38-39-40-41-42-43-44-45-46-47-49-51-53-55-57-59-61-63-65-71(75)72-69(68-79-80(76,77)78-67-66-73(3,4)5)70(74)64-62-60-58-56-54-52-50-48-23-21-19-17-15-13-11-9-7-2/h8,10,14,16,20,22,25-26,28-29,31-32,34-35,37-38,40-41,43-44,46-47,51,53-54,56,62,64,69-70,74H,6-7,9,11-13,15,17-19,21,23-24,27,30,33,36,39,42,45,48-50,52,55,57-61,63,65-68H2,1-5H3,(H-,72,75,76,77)/b10-8-,16-14-,22-20-,26-25-,29-28-,32-31-,35-34-,38-37-,41-40-,44-43-,47-46-,53-51-,56-54+,64-62+. The third kappa shape index (κ3) is 61.5. The van der Waals surface area contributed by atoms with Crippen LogP contribution >= 0.6 is 7.82 Å². The highest BCUT2D eigenvalue weighted by molar-refractivity contribution is 7.45. The quantitative estimate of drug-likeness (QED) is 0.0272. The number of phosphoric ester groups is 1. The van der Waals surface area contributed by atoms with Crippen molar-refractivity contribution < 1.29 is 32.9 Å². The lowest BCUT2D eigenvalue weighted by Gasteiger charge is -2.29. The highest BCUT2D eigenvalue weighted by atomic mass is 31.2. The lowest BCUT2D eigenvalue weighted by atomic mass is 10.1. The zero-order valence-electron chi connectivity index (χ0n) is 51.5. The van der Waals surface area contributed by atoms with Crippen molar-refractivity contribution in [2.75, 3.05) is 40.9 Å². The smallest absolute Gasteiger partial charge is 0.268 e. The number of amides is 1. The first-order valence-corrected chi connectivity index (χ1v) is 33.0. The fraction of sp³-hybridized carbons (Fsp3) is 0.592. The van der Waals surface area contributed by atoms with Crippen molar-refractivity contribution in [1.29, 1.82) is 0 Å². The summed E-state index contributed by atoms with van der Waals surface area (Å²) in [6, 6.07) is -0.930. The molecule has 0 aliphatic rings.